The van der Waals surface area contributed by atoms with Crippen LogP contribution in [0.5, 0.6) is 0 Å². The van der Waals surface area contributed by atoms with Crippen LogP contribution in [0, 0.1) is 0 Å². The van der Waals surface area contributed by atoms with Gasteiger partial charge in [0.05, 0.1) is 22.5 Å². The minimum atomic E-state index is -0.0885. The number of rotatable bonds is 2. The number of hydrogen-bond acceptors (Lipinski definition) is 5. The lowest BCUT2D eigenvalue weighted by molar-refractivity contribution is -0.127. The van der Waals surface area contributed by atoms with Gasteiger partial charge in [-0.2, -0.15) is 0 Å². The molecule has 1 unspecified atom stereocenters. The van der Waals surface area contributed by atoms with E-state index in [1.807, 2.05) is 6.07 Å². The van der Waals surface area contributed by atoms with Gasteiger partial charge in [0.2, 0.25) is 5.91 Å². The SMILES string of the molecule is O=C1CCC(Nc2ncnc3ccncc23)C2(CCC2)N1. The van der Waals surface area contributed by atoms with Gasteiger partial charge in [-0.05, 0) is 31.7 Å². The minimum Gasteiger partial charge on any atom is -0.364 e. The summed E-state index contributed by atoms with van der Waals surface area (Å²) in [7, 11) is 0. The van der Waals surface area contributed by atoms with E-state index in [1.54, 1.807) is 18.7 Å². The predicted molar refractivity (Wildman–Crippen MR) is 78.7 cm³/mol. The van der Waals surface area contributed by atoms with E-state index in [0.717, 1.165) is 36.0 Å². The Morgan fingerprint density at radius 1 is 1.33 bits per heavy atom. The molecule has 2 fully saturated rings. The first-order valence-electron chi connectivity index (χ1n) is 7.39. The first-order valence-corrected chi connectivity index (χ1v) is 7.39. The molecule has 1 saturated heterocycles. The van der Waals surface area contributed by atoms with E-state index < -0.39 is 0 Å². The molecule has 2 aromatic rings. The molecular weight excluding hydrogens is 266 g/mol. The molecular formula is C15H17N5O. The van der Waals surface area contributed by atoms with Crippen molar-refractivity contribution in [2.24, 2.45) is 0 Å². The van der Waals surface area contributed by atoms with Crippen molar-refractivity contribution >= 4 is 22.6 Å². The molecule has 1 spiro atoms. The van der Waals surface area contributed by atoms with Gasteiger partial charge in [-0.3, -0.25) is 9.78 Å². The van der Waals surface area contributed by atoms with Crippen LogP contribution in [0.25, 0.3) is 10.9 Å². The van der Waals surface area contributed by atoms with Crippen molar-refractivity contribution in [1.29, 1.82) is 0 Å². The van der Waals surface area contributed by atoms with Crippen LogP contribution in [-0.2, 0) is 4.79 Å². The molecule has 0 radical (unpaired) electrons. The van der Waals surface area contributed by atoms with Crippen LogP contribution in [0.4, 0.5) is 5.82 Å². The fourth-order valence-electron chi connectivity index (χ4n) is 3.40. The molecule has 1 aliphatic heterocycles. The number of carbonyl (C=O) groups excluding carboxylic acids is 1. The number of nitrogens with one attached hydrogen (secondary N) is 2. The summed E-state index contributed by atoms with van der Waals surface area (Å²) in [6.45, 7) is 0. The van der Waals surface area contributed by atoms with Crippen molar-refractivity contribution in [3.05, 3.63) is 24.8 Å². The zero-order chi connectivity index (χ0) is 14.3. The van der Waals surface area contributed by atoms with E-state index in [9.17, 15) is 4.79 Å². The smallest absolute Gasteiger partial charge is 0.220 e. The van der Waals surface area contributed by atoms with Crippen LogP contribution in [0.2, 0.25) is 0 Å². The Morgan fingerprint density at radius 3 is 3.05 bits per heavy atom. The average molecular weight is 283 g/mol. The molecule has 0 aromatic carbocycles. The van der Waals surface area contributed by atoms with Crippen molar-refractivity contribution in [3.8, 4) is 0 Å². The van der Waals surface area contributed by atoms with Crippen LogP contribution >= 0.6 is 0 Å². The van der Waals surface area contributed by atoms with Crippen LogP contribution < -0.4 is 10.6 Å². The molecule has 3 heterocycles. The molecule has 1 saturated carbocycles. The van der Waals surface area contributed by atoms with E-state index in [-0.39, 0.29) is 17.5 Å². The number of amides is 1. The highest BCUT2D eigenvalue weighted by molar-refractivity contribution is 5.88. The fourth-order valence-corrected chi connectivity index (χ4v) is 3.40. The van der Waals surface area contributed by atoms with Crippen LogP contribution in [-0.4, -0.2) is 32.4 Å². The minimum absolute atomic E-state index is 0.0885. The summed E-state index contributed by atoms with van der Waals surface area (Å²) in [4.78, 5) is 24.5. The predicted octanol–water partition coefficient (Wildman–Crippen LogP) is 1.64. The normalized spacial score (nSPS) is 23.6. The molecule has 4 rings (SSSR count). The van der Waals surface area contributed by atoms with E-state index in [4.69, 9.17) is 0 Å². The number of hydrogen-bond donors (Lipinski definition) is 2. The first kappa shape index (κ1) is 12.5. The Bertz CT molecular complexity index is 692. The number of fused-ring (bicyclic) bond motifs is 1. The highest BCUT2D eigenvalue weighted by atomic mass is 16.1. The molecule has 1 amide bonds. The van der Waals surface area contributed by atoms with Gasteiger partial charge in [0, 0.05) is 18.8 Å². The summed E-state index contributed by atoms with van der Waals surface area (Å²) in [5, 5.41) is 7.64. The summed E-state index contributed by atoms with van der Waals surface area (Å²) in [5.41, 5.74) is 0.791. The third-order valence-electron chi connectivity index (χ3n) is 4.71. The van der Waals surface area contributed by atoms with E-state index in [2.05, 4.69) is 25.6 Å². The zero-order valence-corrected chi connectivity index (χ0v) is 11.7. The number of carbonyl (C=O) groups is 1. The summed E-state index contributed by atoms with van der Waals surface area (Å²) < 4.78 is 0. The van der Waals surface area contributed by atoms with E-state index in [0.29, 0.717) is 6.42 Å². The number of anilines is 1. The third-order valence-corrected chi connectivity index (χ3v) is 4.71. The number of pyridine rings is 1. The van der Waals surface area contributed by atoms with Gasteiger partial charge >= 0.3 is 0 Å². The Labute approximate surface area is 122 Å². The Morgan fingerprint density at radius 2 is 2.24 bits per heavy atom. The van der Waals surface area contributed by atoms with E-state index in [1.165, 1.54) is 6.42 Å². The second-order valence-corrected chi connectivity index (χ2v) is 5.91. The molecule has 6 heteroatoms. The summed E-state index contributed by atoms with van der Waals surface area (Å²) in [6, 6.07) is 2.10. The first-order chi connectivity index (χ1) is 10.3. The van der Waals surface area contributed by atoms with Crippen molar-refractivity contribution in [2.75, 3.05) is 5.32 Å². The summed E-state index contributed by atoms with van der Waals surface area (Å²) in [6.07, 6.45) is 9.75. The molecule has 0 bridgehead atoms. The van der Waals surface area contributed by atoms with Crippen LogP contribution in [0.15, 0.2) is 24.8 Å². The lowest BCUT2D eigenvalue weighted by atomic mass is 9.68. The Hall–Kier alpha value is -2.24. The van der Waals surface area contributed by atoms with Gasteiger partial charge < -0.3 is 10.6 Å². The van der Waals surface area contributed by atoms with Gasteiger partial charge in [-0.15, -0.1) is 0 Å². The van der Waals surface area contributed by atoms with Crippen molar-refractivity contribution < 1.29 is 4.79 Å². The third kappa shape index (κ3) is 2.02. The largest absolute Gasteiger partial charge is 0.364 e. The lowest BCUT2D eigenvalue weighted by Crippen LogP contribution is -2.66. The molecule has 108 valence electrons. The Kier molecular flexibility index (Phi) is 2.77. The summed E-state index contributed by atoms with van der Waals surface area (Å²) in [5.74, 6) is 0.975. The maximum absolute atomic E-state index is 11.7. The van der Waals surface area contributed by atoms with Crippen LogP contribution in [0.1, 0.15) is 32.1 Å². The standard InChI is InChI=1S/C15H17N5O/c21-13-3-2-12(15(20-13)5-1-6-15)19-14-10-8-16-7-4-11(10)17-9-18-14/h4,7-9,12H,1-3,5-6H2,(H,20,21)(H,17,18,19). The highest BCUT2D eigenvalue weighted by Gasteiger charge is 2.47. The Balaban J connectivity index is 1.66. The maximum atomic E-state index is 11.7. The topological polar surface area (TPSA) is 79.8 Å². The van der Waals surface area contributed by atoms with Gasteiger partial charge in [0.25, 0.3) is 0 Å². The molecule has 6 nitrogen and oxygen atoms in total. The second-order valence-electron chi connectivity index (χ2n) is 5.91. The number of piperidine rings is 1. The van der Waals surface area contributed by atoms with Gasteiger partial charge in [-0.1, -0.05) is 0 Å². The van der Waals surface area contributed by atoms with Crippen LogP contribution in [0.3, 0.4) is 0 Å². The van der Waals surface area contributed by atoms with Gasteiger partial charge in [0.1, 0.15) is 12.1 Å². The average Bonchev–Trinajstić information content (AvgIpc) is 2.48. The molecule has 1 aliphatic carbocycles. The molecule has 2 aromatic heterocycles. The van der Waals surface area contributed by atoms with Gasteiger partial charge in [0.15, 0.2) is 0 Å². The van der Waals surface area contributed by atoms with E-state index >= 15 is 0 Å². The molecule has 2 aliphatic rings. The van der Waals surface area contributed by atoms with Crippen molar-refractivity contribution in [1.82, 2.24) is 20.3 Å². The lowest BCUT2D eigenvalue weighted by Gasteiger charge is -2.51. The number of aromatic nitrogens is 3. The fraction of sp³-hybridized carbons (Fsp3) is 0.467. The molecule has 21 heavy (non-hydrogen) atoms. The maximum Gasteiger partial charge on any atom is 0.220 e. The quantitative estimate of drug-likeness (QED) is 0.876. The summed E-state index contributed by atoms with van der Waals surface area (Å²) >= 11 is 0. The van der Waals surface area contributed by atoms with Crippen molar-refractivity contribution in [3.63, 3.8) is 0 Å². The van der Waals surface area contributed by atoms with Gasteiger partial charge in [-0.25, -0.2) is 9.97 Å². The monoisotopic (exact) mass is 283 g/mol. The zero-order valence-electron chi connectivity index (χ0n) is 11.7. The molecule has 2 N–H and O–H groups in total. The highest BCUT2D eigenvalue weighted by Crippen LogP contribution is 2.40. The molecule has 1 atom stereocenters. The number of nitrogens with zero attached hydrogens (tertiary/aromatic N) is 3. The van der Waals surface area contributed by atoms with Crippen molar-refractivity contribution in [2.45, 2.75) is 43.7 Å². The second kappa shape index (κ2) is 4.65.